The van der Waals surface area contributed by atoms with Crippen molar-refractivity contribution >= 4 is 13.8 Å². The Hall–Kier alpha value is -0.505. The van der Waals surface area contributed by atoms with Gasteiger partial charge in [-0.3, -0.25) is 4.79 Å². The third-order valence-corrected chi connectivity index (χ3v) is 2.65. The van der Waals surface area contributed by atoms with Crippen molar-refractivity contribution < 1.29 is 4.79 Å². The molecule has 0 saturated heterocycles. The van der Waals surface area contributed by atoms with Crippen LogP contribution in [0.3, 0.4) is 0 Å². The summed E-state index contributed by atoms with van der Waals surface area (Å²) in [5, 5.41) is 0. The van der Waals surface area contributed by atoms with Crippen LogP contribution in [0.2, 0.25) is 5.82 Å². The lowest BCUT2D eigenvalue weighted by Gasteiger charge is -2.29. The molecule has 0 aliphatic heterocycles. The maximum atomic E-state index is 10.7. The van der Waals surface area contributed by atoms with E-state index in [4.69, 9.17) is 19.3 Å². The van der Waals surface area contributed by atoms with Crippen LogP contribution in [0, 0.1) is 5.92 Å². The van der Waals surface area contributed by atoms with Gasteiger partial charge in [-0.1, -0.05) is 18.7 Å². The van der Waals surface area contributed by atoms with Crippen LogP contribution in [0.15, 0.2) is 0 Å². The van der Waals surface area contributed by atoms with Gasteiger partial charge in [0.2, 0.25) is 5.91 Å². The summed E-state index contributed by atoms with van der Waals surface area (Å²) in [6.07, 6.45) is 3.80. The van der Waals surface area contributed by atoms with Crippen molar-refractivity contribution in [3.8, 4) is 0 Å². The maximum absolute atomic E-state index is 10.7. The fraction of sp³-hybridized carbons (Fsp3) is 0.875. The molecule has 2 radical (unpaired) electrons. The fourth-order valence-electron chi connectivity index (χ4n) is 1.74. The number of amides is 1. The van der Waals surface area contributed by atoms with Crippen LogP contribution >= 0.6 is 0 Å². The number of hydrogen-bond donors (Lipinski definition) is 2. The Labute approximate surface area is 74.3 Å². The van der Waals surface area contributed by atoms with Gasteiger partial charge in [-0.2, -0.15) is 0 Å². The predicted molar refractivity (Wildman–Crippen MR) is 48.6 cm³/mol. The Morgan fingerprint density at radius 3 is 2.25 bits per heavy atom. The molecule has 1 saturated carbocycles. The van der Waals surface area contributed by atoms with E-state index in [0.717, 1.165) is 25.7 Å². The van der Waals surface area contributed by atoms with Crippen molar-refractivity contribution in [2.75, 3.05) is 0 Å². The number of carbonyl (C=O) groups is 1. The smallest absolute Gasteiger partial charge is 0.234 e. The van der Waals surface area contributed by atoms with Crippen LogP contribution in [-0.2, 0) is 4.79 Å². The first-order valence-electron chi connectivity index (χ1n) is 4.41. The number of hydrogen-bond acceptors (Lipinski definition) is 2. The fourth-order valence-corrected chi connectivity index (χ4v) is 1.74. The summed E-state index contributed by atoms with van der Waals surface area (Å²) < 4.78 is 0. The predicted octanol–water partition coefficient (Wildman–Crippen LogP) is -0.0538. The monoisotopic (exact) mass is 166 g/mol. The second kappa shape index (κ2) is 3.94. The molecule has 1 atom stereocenters. The quantitative estimate of drug-likeness (QED) is 0.564. The molecule has 12 heavy (non-hydrogen) atoms. The number of nitrogens with two attached hydrogens (primary N) is 2. The molecule has 1 amide bonds. The maximum Gasteiger partial charge on any atom is 0.234 e. The van der Waals surface area contributed by atoms with Crippen LogP contribution in [0.5, 0.6) is 0 Å². The number of rotatable bonds is 2. The molecule has 0 bridgehead atoms. The molecule has 1 fully saturated rings. The lowest BCUT2D eigenvalue weighted by Crippen LogP contribution is -2.43. The van der Waals surface area contributed by atoms with Crippen LogP contribution in [0.1, 0.15) is 25.7 Å². The van der Waals surface area contributed by atoms with Gasteiger partial charge in [0.1, 0.15) is 0 Å². The second-order valence-corrected chi connectivity index (χ2v) is 3.60. The normalized spacial score (nSPS) is 32.8. The zero-order valence-corrected chi connectivity index (χ0v) is 7.20. The topological polar surface area (TPSA) is 69.1 Å². The summed E-state index contributed by atoms with van der Waals surface area (Å²) in [6.45, 7) is 0. The lowest BCUT2D eigenvalue weighted by molar-refractivity contribution is -0.120. The zero-order valence-electron chi connectivity index (χ0n) is 7.20. The molecule has 66 valence electrons. The van der Waals surface area contributed by atoms with E-state index < -0.39 is 11.9 Å². The largest absolute Gasteiger partial charge is 0.368 e. The van der Waals surface area contributed by atoms with Gasteiger partial charge in [0, 0.05) is 0 Å². The minimum absolute atomic E-state index is 0.252. The van der Waals surface area contributed by atoms with Gasteiger partial charge in [-0.25, -0.2) is 0 Å². The molecular weight excluding hydrogens is 151 g/mol. The van der Waals surface area contributed by atoms with Gasteiger partial charge in [0.05, 0.1) is 13.9 Å². The minimum atomic E-state index is -0.475. The molecule has 1 rings (SSSR count). The first kappa shape index (κ1) is 9.58. The van der Waals surface area contributed by atoms with E-state index in [1.165, 1.54) is 0 Å². The van der Waals surface area contributed by atoms with E-state index in [1.54, 1.807) is 0 Å². The molecule has 1 unspecified atom stereocenters. The van der Waals surface area contributed by atoms with E-state index >= 15 is 0 Å². The molecule has 0 heterocycles. The summed E-state index contributed by atoms with van der Waals surface area (Å²) in [5.74, 6) is 0.152. The molecule has 4 heteroatoms. The van der Waals surface area contributed by atoms with Crippen molar-refractivity contribution in [3.63, 3.8) is 0 Å². The lowest BCUT2D eigenvalue weighted by atomic mass is 9.70. The van der Waals surface area contributed by atoms with Gasteiger partial charge in [-0.15, -0.1) is 0 Å². The summed E-state index contributed by atoms with van der Waals surface area (Å²) in [6, 6.07) is -0.475. The van der Waals surface area contributed by atoms with Crippen LogP contribution in [0.25, 0.3) is 0 Å². The molecule has 3 nitrogen and oxygen atoms in total. The minimum Gasteiger partial charge on any atom is -0.368 e. The van der Waals surface area contributed by atoms with Crippen LogP contribution in [-0.4, -0.2) is 19.8 Å². The number of primary amides is 1. The highest BCUT2D eigenvalue weighted by atomic mass is 16.1. The van der Waals surface area contributed by atoms with E-state index in [0.29, 0.717) is 5.82 Å². The van der Waals surface area contributed by atoms with Crippen molar-refractivity contribution in [3.05, 3.63) is 0 Å². The van der Waals surface area contributed by atoms with Gasteiger partial charge in [-0.05, 0) is 18.8 Å². The third-order valence-electron chi connectivity index (χ3n) is 2.65. The Morgan fingerprint density at radius 2 is 1.83 bits per heavy atom. The highest BCUT2D eigenvalue weighted by Crippen LogP contribution is 2.31. The van der Waals surface area contributed by atoms with Gasteiger partial charge in [0.15, 0.2) is 0 Å². The van der Waals surface area contributed by atoms with Gasteiger partial charge in [0.25, 0.3) is 0 Å². The van der Waals surface area contributed by atoms with E-state index in [1.807, 2.05) is 0 Å². The Kier molecular flexibility index (Phi) is 3.15. The molecular formula is C8H15BN2O. The van der Waals surface area contributed by atoms with Crippen molar-refractivity contribution in [1.82, 2.24) is 0 Å². The summed E-state index contributed by atoms with van der Waals surface area (Å²) in [7, 11) is 5.72. The highest BCUT2D eigenvalue weighted by molar-refractivity contribution is 6.11. The molecule has 1 aliphatic carbocycles. The van der Waals surface area contributed by atoms with Gasteiger partial charge < -0.3 is 11.5 Å². The molecule has 1 aliphatic rings. The van der Waals surface area contributed by atoms with Gasteiger partial charge >= 0.3 is 0 Å². The SMILES string of the molecule is [B]C1CCC(C(N)C(N)=O)CC1. The summed E-state index contributed by atoms with van der Waals surface area (Å²) >= 11 is 0. The van der Waals surface area contributed by atoms with Crippen LogP contribution < -0.4 is 11.5 Å². The number of carbonyl (C=O) groups excluding carboxylic acids is 1. The van der Waals surface area contributed by atoms with Crippen LogP contribution in [0.4, 0.5) is 0 Å². The van der Waals surface area contributed by atoms with Crippen molar-refractivity contribution in [1.29, 1.82) is 0 Å². The Bertz CT molecular complexity index is 166. The molecule has 4 N–H and O–H groups in total. The molecule has 0 spiro atoms. The van der Waals surface area contributed by atoms with E-state index in [-0.39, 0.29) is 5.92 Å². The zero-order chi connectivity index (χ0) is 9.14. The van der Waals surface area contributed by atoms with E-state index in [2.05, 4.69) is 0 Å². The Balaban J connectivity index is 2.39. The first-order valence-corrected chi connectivity index (χ1v) is 4.41. The summed E-state index contributed by atoms with van der Waals surface area (Å²) in [5.41, 5.74) is 10.7. The average molecular weight is 166 g/mol. The average Bonchev–Trinajstić information content (AvgIpc) is 2.04. The van der Waals surface area contributed by atoms with E-state index in [9.17, 15) is 4.79 Å². The standard InChI is InChI=1S/C8H15BN2O/c9-6-3-1-5(2-4-6)7(10)8(11)12/h5-7H,1-4,10H2,(H2,11,12). The second-order valence-electron chi connectivity index (χ2n) is 3.60. The third kappa shape index (κ3) is 2.24. The molecule has 0 aromatic heterocycles. The highest BCUT2D eigenvalue weighted by Gasteiger charge is 2.26. The summed E-state index contributed by atoms with van der Waals surface area (Å²) in [4.78, 5) is 10.7. The van der Waals surface area contributed by atoms with Crippen molar-refractivity contribution in [2.24, 2.45) is 17.4 Å². The van der Waals surface area contributed by atoms with Crippen molar-refractivity contribution in [2.45, 2.75) is 37.5 Å². The molecule has 0 aromatic rings. The first-order chi connectivity index (χ1) is 5.61. The Morgan fingerprint density at radius 1 is 1.33 bits per heavy atom. The molecule has 0 aromatic carbocycles.